The molecule has 6 heteroatoms. The van der Waals surface area contributed by atoms with Gasteiger partial charge in [-0.3, -0.25) is 4.79 Å². The first-order valence-electron chi connectivity index (χ1n) is 5.36. The van der Waals surface area contributed by atoms with Crippen molar-refractivity contribution in [2.24, 2.45) is 0 Å². The number of aromatic nitrogens is 1. The van der Waals surface area contributed by atoms with E-state index in [2.05, 4.69) is 16.2 Å². The number of carbonyl (C=O) groups excluding carboxylic acids is 1. The van der Waals surface area contributed by atoms with Gasteiger partial charge in [0, 0.05) is 13.1 Å². The van der Waals surface area contributed by atoms with Crippen molar-refractivity contribution in [2.45, 2.75) is 13.8 Å². The lowest BCUT2D eigenvalue weighted by atomic mass is 10.4. The Morgan fingerprint density at radius 1 is 1.65 bits per heavy atom. The number of thiazole rings is 1. The number of carbonyl (C=O) groups is 1. The third kappa shape index (κ3) is 3.11. The van der Waals surface area contributed by atoms with Crippen molar-refractivity contribution >= 4 is 28.2 Å². The van der Waals surface area contributed by atoms with Crippen LogP contribution in [0.15, 0.2) is 0 Å². The summed E-state index contributed by atoms with van der Waals surface area (Å²) in [6.07, 6.45) is 5.21. The third-order valence-electron chi connectivity index (χ3n) is 2.13. The van der Waals surface area contributed by atoms with Crippen LogP contribution >= 0.6 is 11.3 Å². The monoisotopic (exact) mass is 252 g/mol. The number of hydrogen-bond donors (Lipinski definition) is 2. The molecule has 1 amide bonds. The zero-order chi connectivity index (χ0) is 12.8. The number of hydrogen-bond acceptors (Lipinski definition) is 5. The smallest absolute Gasteiger partial charge is 0.268 e. The first kappa shape index (κ1) is 13.3. The van der Waals surface area contributed by atoms with Crippen LogP contribution in [0.25, 0.3) is 0 Å². The Balaban J connectivity index is 2.91. The van der Waals surface area contributed by atoms with Crippen LogP contribution in [0.4, 0.5) is 10.9 Å². The van der Waals surface area contributed by atoms with Crippen molar-refractivity contribution in [3.8, 4) is 12.3 Å². The highest BCUT2D eigenvalue weighted by molar-refractivity contribution is 7.18. The second-order valence-electron chi connectivity index (χ2n) is 3.29. The maximum absolute atomic E-state index is 12.1. The van der Waals surface area contributed by atoms with Gasteiger partial charge in [-0.15, -0.1) is 6.42 Å². The fourth-order valence-corrected chi connectivity index (χ4v) is 2.21. The van der Waals surface area contributed by atoms with Gasteiger partial charge in [0.1, 0.15) is 10.7 Å². The highest BCUT2D eigenvalue weighted by Crippen LogP contribution is 2.26. The van der Waals surface area contributed by atoms with Gasteiger partial charge in [-0.2, -0.15) is 0 Å². The minimum atomic E-state index is -0.162. The van der Waals surface area contributed by atoms with Crippen LogP contribution < -0.4 is 11.1 Å². The molecular weight excluding hydrogens is 236 g/mol. The summed E-state index contributed by atoms with van der Waals surface area (Å²) in [6, 6.07) is 0. The molecule has 0 radical (unpaired) electrons. The molecule has 0 aromatic carbocycles. The van der Waals surface area contributed by atoms with Crippen molar-refractivity contribution in [1.82, 2.24) is 9.88 Å². The van der Waals surface area contributed by atoms with Crippen molar-refractivity contribution < 1.29 is 4.79 Å². The normalized spacial score (nSPS) is 9.71. The van der Waals surface area contributed by atoms with Gasteiger partial charge < -0.3 is 16.0 Å². The Morgan fingerprint density at radius 3 is 2.88 bits per heavy atom. The number of rotatable bonds is 5. The quantitative estimate of drug-likeness (QED) is 0.774. The molecule has 1 rings (SSSR count). The molecule has 0 fully saturated rings. The summed E-state index contributed by atoms with van der Waals surface area (Å²) in [5, 5.41) is 3.69. The number of amides is 1. The van der Waals surface area contributed by atoms with E-state index in [0.717, 1.165) is 6.54 Å². The van der Waals surface area contributed by atoms with Crippen LogP contribution in [0, 0.1) is 12.3 Å². The highest BCUT2D eigenvalue weighted by Gasteiger charge is 2.20. The summed E-state index contributed by atoms with van der Waals surface area (Å²) in [5.74, 6) is 2.55. The van der Waals surface area contributed by atoms with Gasteiger partial charge in [-0.05, 0) is 13.8 Å². The fraction of sp³-hybridized carbons (Fsp3) is 0.455. The molecule has 0 aliphatic heterocycles. The average Bonchev–Trinajstić information content (AvgIpc) is 2.67. The molecule has 1 aromatic heterocycles. The summed E-state index contributed by atoms with van der Waals surface area (Å²) in [5.41, 5.74) is 5.72. The zero-order valence-corrected chi connectivity index (χ0v) is 10.8. The molecule has 0 bridgehead atoms. The Kier molecular flexibility index (Phi) is 4.79. The fourth-order valence-electron chi connectivity index (χ4n) is 1.29. The van der Waals surface area contributed by atoms with Crippen LogP contribution in [0.1, 0.15) is 23.5 Å². The SMILES string of the molecule is C#CCN(CC)C(=O)c1sc(NCC)nc1N. The molecule has 0 saturated carbocycles. The molecule has 5 nitrogen and oxygen atoms in total. The summed E-state index contributed by atoms with van der Waals surface area (Å²) in [6.45, 7) is 5.40. The van der Waals surface area contributed by atoms with Gasteiger partial charge in [0.05, 0.1) is 6.54 Å². The summed E-state index contributed by atoms with van der Waals surface area (Å²) >= 11 is 1.25. The molecule has 0 atom stereocenters. The average molecular weight is 252 g/mol. The Labute approximate surface area is 105 Å². The van der Waals surface area contributed by atoms with E-state index >= 15 is 0 Å². The number of nitrogens with zero attached hydrogens (tertiary/aromatic N) is 2. The third-order valence-corrected chi connectivity index (χ3v) is 3.14. The lowest BCUT2D eigenvalue weighted by Gasteiger charge is -2.16. The minimum Gasteiger partial charge on any atom is -0.382 e. The molecular formula is C11H16N4OS. The number of anilines is 2. The Morgan fingerprint density at radius 2 is 2.35 bits per heavy atom. The van der Waals surface area contributed by atoms with Gasteiger partial charge in [0.15, 0.2) is 5.13 Å². The van der Waals surface area contributed by atoms with Gasteiger partial charge >= 0.3 is 0 Å². The second kappa shape index (κ2) is 6.11. The lowest BCUT2D eigenvalue weighted by Crippen LogP contribution is -2.31. The molecule has 0 unspecified atom stereocenters. The van der Waals surface area contributed by atoms with Crippen LogP contribution in [0.5, 0.6) is 0 Å². The van der Waals surface area contributed by atoms with E-state index in [-0.39, 0.29) is 18.3 Å². The van der Waals surface area contributed by atoms with E-state index in [1.54, 1.807) is 4.90 Å². The topological polar surface area (TPSA) is 71.2 Å². The molecule has 0 spiro atoms. The molecule has 1 aromatic rings. The molecule has 17 heavy (non-hydrogen) atoms. The van der Waals surface area contributed by atoms with Gasteiger partial charge in [0.25, 0.3) is 5.91 Å². The Hall–Kier alpha value is -1.74. The molecule has 0 aliphatic carbocycles. The first-order valence-corrected chi connectivity index (χ1v) is 6.18. The maximum atomic E-state index is 12.1. The lowest BCUT2D eigenvalue weighted by molar-refractivity contribution is 0.0790. The van der Waals surface area contributed by atoms with Gasteiger partial charge in [-0.25, -0.2) is 4.98 Å². The van der Waals surface area contributed by atoms with E-state index in [1.807, 2.05) is 13.8 Å². The molecule has 0 saturated heterocycles. The van der Waals surface area contributed by atoms with Crippen LogP contribution in [0.2, 0.25) is 0 Å². The number of terminal acetylenes is 1. The van der Waals surface area contributed by atoms with Crippen LogP contribution in [0.3, 0.4) is 0 Å². The molecule has 3 N–H and O–H groups in total. The van der Waals surface area contributed by atoms with E-state index in [9.17, 15) is 4.79 Å². The maximum Gasteiger partial charge on any atom is 0.268 e. The molecule has 92 valence electrons. The Bertz CT molecular complexity index is 435. The van der Waals surface area contributed by atoms with E-state index < -0.39 is 0 Å². The summed E-state index contributed by atoms with van der Waals surface area (Å²) < 4.78 is 0. The number of nitrogens with one attached hydrogen (secondary N) is 1. The van der Waals surface area contributed by atoms with Crippen LogP contribution in [-0.2, 0) is 0 Å². The highest BCUT2D eigenvalue weighted by atomic mass is 32.1. The zero-order valence-electron chi connectivity index (χ0n) is 9.99. The molecule has 0 aliphatic rings. The van der Waals surface area contributed by atoms with Crippen LogP contribution in [-0.4, -0.2) is 35.4 Å². The number of nitrogens with two attached hydrogens (primary N) is 1. The van der Waals surface area contributed by atoms with E-state index in [0.29, 0.717) is 16.6 Å². The second-order valence-corrected chi connectivity index (χ2v) is 4.29. The largest absolute Gasteiger partial charge is 0.382 e. The van der Waals surface area contributed by atoms with Crippen molar-refractivity contribution in [2.75, 3.05) is 30.7 Å². The summed E-state index contributed by atoms with van der Waals surface area (Å²) in [7, 11) is 0. The predicted molar refractivity (Wildman–Crippen MR) is 71.1 cm³/mol. The van der Waals surface area contributed by atoms with Crippen molar-refractivity contribution in [3.05, 3.63) is 4.88 Å². The van der Waals surface area contributed by atoms with Gasteiger partial charge in [0.2, 0.25) is 0 Å². The van der Waals surface area contributed by atoms with Crippen molar-refractivity contribution in [1.29, 1.82) is 0 Å². The van der Waals surface area contributed by atoms with E-state index in [1.165, 1.54) is 11.3 Å². The number of nitrogen functional groups attached to an aromatic ring is 1. The van der Waals surface area contributed by atoms with Crippen molar-refractivity contribution in [3.63, 3.8) is 0 Å². The minimum absolute atomic E-state index is 0.162. The predicted octanol–water partition coefficient (Wildman–Crippen LogP) is 1.25. The summed E-state index contributed by atoms with van der Waals surface area (Å²) in [4.78, 5) is 18.2. The standard InChI is InChI=1S/C11H16N4OS/c1-4-7-15(6-3)10(16)8-9(12)14-11(17-8)13-5-2/h1H,5-7,12H2,2-3H3,(H,13,14). The first-order chi connectivity index (χ1) is 8.13. The van der Waals surface area contributed by atoms with Gasteiger partial charge in [-0.1, -0.05) is 17.3 Å². The molecule has 1 heterocycles. The van der Waals surface area contributed by atoms with E-state index in [4.69, 9.17) is 12.2 Å².